The number of carbonyl (C=O) groups is 1. The summed E-state index contributed by atoms with van der Waals surface area (Å²) in [6.45, 7) is 5.88. The lowest BCUT2D eigenvalue weighted by atomic mass is 10.1. The van der Waals surface area contributed by atoms with Gasteiger partial charge < -0.3 is 14.5 Å². The van der Waals surface area contributed by atoms with Crippen LogP contribution in [0.25, 0.3) is 0 Å². The third kappa shape index (κ3) is 4.54. The molecule has 0 spiro atoms. The van der Waals surface area contributed by atoms with E-state index in [1.165, 1.54) is 6.07 Å². The Morgan fingerprint density at radius 1 is 1.14 bits per heavy atom. The highest BCUT2D eigenvalue weighted by Crippen LogP contribution is 2.31. The smallest absolute Gasteiger partial charge is 0.294 e. The minimum Gasteiger partial charge on any atom is -0.483 e. The number of ether oxygens (including phenoxy) is 1. The lowest BCUT2D eigenvalue weighted by Gasteiger charge is -2.35. The van der Waals surface area contributed by atoms with Crippen LogP contribution in [0.15, 0.2) is 36.4 Å². The molecule has 0 aliphatic carbocycles. The molecule has 148 valence electrons. The Kier molecular flexibility index (Phi) is 6.04. The van der Waals surface area contributed by atoms with Crippen molar-refractivity contribution < 1.29 is 14.5 Å². The van der Waals surface area contributed by atoms with Crippen molar-refractivity contribution in [3.8, 4) is 5.75 Å². The first-order valence-corrected chi connectivity index (χ1v) is 9.39. The molecule has 0 atom stereocenters. The van der Waals surface area contributed by atoms with Gasteiger partial charge in [0.2, 0.25) is 0 Å². The molecule has 0 radical (unpaired) electrons. The molecule has 1 aliphatic rings. The largest absolute Gasteiger partial charge is 0.483 e. The van der Waals surface area contributed by atoms with Gasteiger partial charge in [0, 0.05) is 37.3 Å². The van der Waals surface area contributed by atoms with E-state index in [9.17, 15) is 14.9 Å². The van der Waals surface area contributed by atoms with Gasteiger partial charge in [-0.1, -0.05) is 23.7 Å². The highest BCUT2D eigenvalue weighted by Gasteiger charge is 2.26. The number of carbonyl (C=O) groups excluding carboxylic acids is 1. The molecule has 3 rings (SSSR count). The van der Waals surface area contributed by atoms with Gasteiger partial charge in [0.25, 0.3) is 11.6 Å². The average molecular weight is 404 g/mol. The van der Waals surface area contributed by atoms with Crippen LogP contribution in [0.1, 0.15) is 11.1 Å². The Balaban J connectivity index is 1.59. The number of amides is 1. The molecule has 2 aromatic carbocycles. The van der Waals surface area contributed by atoms with Crippen LogP contribution in [0.3, 0.4) is 0 Å². The molecular weight excluding hydrogens is 382 g/mol. The summed E-state index contributed by atoms with van der Waals surface area (Å²) in [6, 6.07) is 10.5. The lowest BCUT2D eigenvalue weighted by Crippen LogP contribution is -2.50. The molecule has 0 saturated carbocycles. The molecule has 0 aromatic heterocycles. The molecule has 0 bridgehead atoms. The summed E-state index contributed by atoms with van der Waals surface area (Å²) in [5.74, 6) is 0.620. The number of hydrogen-bond acceptors (Lipinski definition) is 5. The molecule has 1 amide bonds. The van der Waals surface area contributed by atoms with Crippen LogP contribution >= 0.6 is 11.6 Å². The number of nitro benzene ring substituents is 1. The number of hydrogen-bond donors (Lipinski definition) is 0. The van der Waals surface area contributed by atoms with Crippen LogP contribution in [0.5, 0.6) is 5.75 Å². The summed E-state index contributed by atoms with van der Waals surface area (Å²) in [7, 11) is 0. The predicted octanol–water partition coefficient (Wildman–Crippen LogP) is 3.59. The van der Waals surface area contributed by atoms with Gasteiger partial charge >= 0.3 is 0 Å². The van der Waals surface area contributed by atoms with Gasteiger partial charge in [-0.05, 0) is 43.2 Å². The fourth-order valence-corrected chi connectivity index (χ4v) is 3.37. The average Bonchev–Trinajstić information content (AvgIpc) is 2.68. The third-order valence-corrected chi connectivity index (χ3v) is 5.04. The molecular formula is C20H22ClN3O4. The number of piperazine rings is 1. The highest BCUT2D eigenvalue weighted by molar-refractivity contribution is 6.30. The van der Waals surface area contributed by atoms with E-state index >= 15 is 0 Å². The van der Waals surface area contributed by atoms with Crippen LogP contribution in [0.2, 0.25) is 5.02 Å². The fraction of sp³-hybridized carbons (Fsp3) is 0.350. The van der Waals surface area contributed by atoms with Gasteiger partial charge in [0.05, 0.1) is 4.92 Å². The second kappa shape index (κ2) is 8.48. The Labute approximate surface area is 168 Å². The zero-order chi connectivity index (χ0) is 20.3. The van der Waals surface area contributed by atoms with E-state index in [1.54, 1.807) is 17.0 Å². The maximum absolute atomic E-state index is 12.5. The molecule has 8 heteroatoms. The van der Waals surface area contributed by atoms with E-state index < -0.39 is 4.92 Å². The van der Waals surface area contributed by atoms with Crippen LogP contribution in [0.4, 0.5) is 11.4 Å². The minimum atomic E-state index is -0.434. The maximum atomic E-state index is 12.5. The molecule has 1 heterocycles. The Hall–Kier alpha value is -2.80. The SMILES string of the molecule is Cc1ccc(C)c(OCC(=O)N2CCN(c3ccc(Cl)cc3[N+](=O)[O-])CC2)c1. The number of halogens is 1. The van der Waals surface area contributed by atoms with Gasteiger partial charge in [-0.2, -0.15) is 0 Å². The van der Waals surface area contributed by atoms with Crippen molar-refractivity contribution in [2.24, 2.45) is 0 Å². The number of nitro groups is 1. The topological polar surface area (TPSA) is 75.9 Å². The molecule has 0 unspecified atom stereocenters. The normalized spacial score (nSPS) is 14.1. The van der Waals surface area contributed by atoms with Crippen LogP contribution in [-0.4, -0.2) is 48.5 Å². The fourth-order valence-electron chi connectivity index (χ4n) is 3.20. The summed E-state index contributed by atoms with van der Waals surface area (Å²) >= 11 is 5.88. The van der Waals surface area contributed by atoms with Gasteiger partial charge in [-0.25, -0.2) is 0 Å². The van der Waals surface area contributed by atoms with Crippen molar-refractivity contribution in [2.75, 3.05) is 37.7 Å². The van der Waals surface area contributed by atoms with E-state index in [2.05, 4.69) is 0 Å². The standard InChI is InChI=1S/C20H22ClN3O4/c1-14-3-4-15(2)19(11-14)28-13-20(25)23-9-7-22(8-10-23)17-6-5-16(21)12-18(17)24(26)27/h3-6,11-12H,7-10,13H2,1-2H3. The molecule has 0 N–H and O–H groups in total. The maximum Gasteiger partial charge on any atom is 0.294 e. The summed E-state index contributed by atoms with van der Waals surface area (Å²) in [6.07, 6.45) is 0. The number of aryl methyl sites for hydroxylation is 2. The second-order valence-corrected chi connectivity index (χ2v) is 7.25. The monoisotopic (exact) mass is 403 g/mol. The molecule has 28 heavy (non-hydrogen) atoms. The quantitative estimate of drug-likeness (QED) is 0.563. The first kappa shape index (κ1) is 19.9. The second-order valence-electron chi connectivity index (χ2n) is 6.82. The van der Waals surface area contributed by atoms with E-state index in [0.717, 1.165) is 11.1 Å². The van der Waals surface area contributed by atoms with E-state index in [4.69, 9.17) is 16.3 Å². The highest BCUT2D eigenvalue weighted by atomic mass is 35.5. The lowest BCUT2D eigenvalue weighted by molar-refractivity contribution is -0.384. The zero-order valence-electron chi connectivity index (χ0n) is 15.9. The first-order chi connectivity index (χ1) is 13.3. The van der Waals surface area contributed by atoms with Crippen molar-refractivity contribution >= 4 is 28.9 Å². The zero-order valence-corrected chi connectivity index (χ0v) is 16.6. The van der Waals surface area contributed by atoms with E-state index in [0.29, 0.717) is 42.6 Å². The van der Waals surface area contributed by atoms with Crippen molar-refractivity contribution in [3.63, 3.8) is 0 Å². The van der Waals surface area contributed by atoms with Gasteiger partial charge in [-0.3, -0.25) is 14.9 Å². The number of benzene rings is 2. The number of rotatable bonds is 5. The summed E-state index contributed by atoms with van der Waals surface area (Å²) in [5.41, 5.74) is 2.56. The van der Waals surface area contributed by atoms with Crippen molar-refractivity contribution in [1.29, 1.82) is 0 Å². The molecule has 2 aromatic rings. The van der Waals surface area contributed by atoms with Crippen molar-refractivity contribution in [3.05, 3.63) is 62.7 Å². The minimum absolute atomic E-state index is 0.0224. The summed E-state index contributed by atoms with van der Waals surface area (Å²) in [4.78, 5) is 27.0. The van der Waals surface area contributed by atoms with Crippen molar-refractivity contribution in [1.82, 2.24) is 4.90 Å². The Morgan fingerprint density at radius 3 is 2.54 bits per heavy atom. The molecule has 7 nitrogen and oxygen atoms in total. The Morgan fingerprint density at radius 2 is 1.86 bits per heavy atom. The van der Waals surface area contributed by atoms with Crippen LogP contribution < -0.4 is 9.64 Å². The van der Waals surface area contributed by atoms with Gasteiger partial charge in [-0.15, -0.1) is 0 Å². The van der Waals surface area contributed by atoms with E-state index in [1.807, 2.05) is 36.9 Å². The number of anilines is 1. The van der Waals surface area contributed by atoms with Crippen molar-refractivity contribution in [2.45, 2.75) is 13.8 Å². The predicted molar refractivity (Wildman–Crippen MR) is 108 cm³/mol. The molecule has 1 saturated heterocycles. The van der Waals surface area contributed by atoms with Crippen LogP contribution in [-0.2, 0) is 4.79 Å². The first-order valence-electron chi connectivity index (χ1n) is 9.02. The molecule has 1 aliphatic heterocycles. The van der Waals surface area contributed by atoms with Crippen LogP contribution in [0, 0.1) is 24.0 Å². The molecule has 1 fully saturated rings. The summed E-state index contributed by atoms with van der Waals surface area (Å²) < 4.78 is 5.70. The number of nitrogens with zero attached hydrogens (tertiary/aromatic N) is 3. The van der Waals surface area contributed by atoms with Gasteiger partial charge in [0.15, 0.2) is 6.61 Å². The van der Waals surface area contributed by atoms with Gasteiger partial charge in [0.1, 0.15) is 11.4 Å². The summed E-state index contributed by atoms with van der Waals surface area (Å²) in [5, 5.41) is 11.6. The Bertz CT molecular complexity index is 895. The third-order valence-electron chi connectivity index (χ3n) is 4.80. The van der Waals surface area contributed by atoms with E-state index in [-0.39, 0.29) is 18.2 Å².